The van der Waals surface area contributed by atoms with Gasteiger partial charge in [-0.25, -0.2) is 4.39 Å². The first kappa shape index (κ1) is 15.7. The summed E-state index contributed by atoms with van der Waals surface area (Å²) >= 11 is 0. The molecule has 2 aliphatic rings. The highest BCUT2D eigenvalue weighted by Gasteiger charge is 2.57. The van der Waals surface area contributed by atoms with Crippen LogP contribution in [0.3, 0.4) is 0 Å². The van der Waals surface area contributed by atoms with E-state index in [1.165, 1.54) is 12.1 Å². The Labute approximate surface area is 124 Å². The lowest BCUT2D eigenvalue weighted by molar-refractivity contribution is 0.0719. The number of ether oxygens (including phenoxy) is 1. The Hall–Kier alpha value is -0.680. The van der Waals surface area contributed by atoms with Gasteiger partial charge in [-0.2, -0.15) is 0 Å². The maximum Gasteiger partial charge on any atom is 0.123 e. The van der Waals surface area contributed by atoms with Crippen molar-refractivity contribution in [2.75, 3.05) is 13.7 Å². The Morgan fingerprint density at radius 1 is 1.35 bits per heavy atom. The number of aliphatic hydroxyl groups is 1. The number of aliphatic hydroxyl groups excluding tert-OH is 1. The van der Waals surface area contributed by atoms with E-state index in [-0.39, 0.29) is 29.3 Å². The van der Waals surface area contributed by atoms with Crippen LogP contribution in [0, 0.1) is 5.82 Å². The first-order chi connectivity index (χ1) is 9.09. The lowest BCUT2D eigenvalue weighted by atomic mass is 9.78. The molecule has 3 rings (SSSR count). The molecule has 2 bridgehead atoms. The molecule has 20 heavy (non-hydrogen) atoms. The van der Waals surface area contributed by atoms with E-state index >= 15 is 0 Å². The highest BCUT2D eigenvalue weighted by atomic mass is 35.5. The van der Waals surface area contributed by atoms with E-state index in [0.29, 0.717) is 12.2 Å². The third-order valence-electron chi connectivity index (χ3n) is 4.72. The molecule has 1 aromatic rings. The van der Waals surface area contributed by atoms with Gasteiger partial charge in [0.1, 0.15) is 5.82 Å². The highest BCUT2D eigenvalue weighted by Crippen LogP contribution is 2.50. The molecule has 2 heterocycles. The van der Waals surface area contributed by atoms with Crippen LogP contribution < -0.4 is 5.32 Å². The quantitative estimate of drug-likeness (QED) is 0.898. The van der Waals surface area contributed by atoms with Gasteiger partial charge in [0, 0.05) is 18.2 Å². The summed E-state index contributed by atoms with van der Waals surface area (Å²) in [4.78, 5) is 0. The molecule has 1 unspecified atom stereocenters. The maximum absolute atomic E-state index is 13.3. The minimum absolute atomic E-state index is 0. The zero-order valence-electron chi connectivity index (χ0n) is 11.6. The van der Waals surface area contributed by atoms with Crippen LogP contribution in [0.4, 0.5) is 4.39 Å². The van der Waals surface area contributed by atoms with Gasteiger partial charge < -0.3 is 15.2 Å². The first-order valence-electron chi connectivity index (χ1n) is 6.81. The summed E-state index contributed by atoms with van der Waals surface area (Å²) in [5.41, 5.74) is 0.345. The Kier molecular flexibility index (Phi) is 4.40. The Bertz CT molecular complexity index is 475. The summed E-state index contributed by atoms with van der Waals surface area (Å²) in [5.74, 6) is -0.299. The van der Waals surface area contributed by atoms with Crippen molar-refractivity contribution in [1.82, 2.24) is 5.32 Å². The van der Waals surface area contributed by atoms with Crippen molar-refractivity contribution in [3.63, 3.8) is 0 Å². The molecule has 2 fully saturated rings. The van der Waals surface area contributed by atoms with E-state index in [0.717, 1.165) is 25.7 Å². The van der Waals surface area contributed by atoms with Crippen molar-refractivity contribution in [3.8, 4) is 0 Å². The third-order valence-corrected chi connectivity index (χ3v) is 4.72. The monoisotopic (exact) mass is 301 g/mol. The van der Waals surface area contributed by atoms with Crippen LogP contribution in [0.1, 0.15) is 37.4 Å². The summed E-state index contributed by atoms with van der Waals surface area (Å²) in [5, 5.41) is 14.2. The lowest BCUT2D eigenvalue weighted by Crippen LogP contribution is -2.48. The smallest absolute Gasteiger partial charge is 0.123 e. The van der Waals surface area contributed by atoms with Crippen molar-refractivity contribution in [2.45, 2.75) is 42.9 Å². The van der Waals surface area contributed by atoms with Crippen LogP contribution >= 0.6 is 12.4 Å². The van der Waals surface area contributed by atoms with Gasteiger partial charge >= 0.3 is 0 Å². The molecule has 0 aliphatic carbocycles. The van der Waals surface area contributed by atoms with Gasteiger partial charge in [0.15, 0.2) is 0 Å². The molecule has 112 valence electrons. The maximum atomic E-state index is 13.3. The van der Waals surface area contributed by atoms with E-state index in [1.54, 1.807) is 19.2 Å². The third kappa shape index (κ3) is 2.46. The lowest BCUT2D eigenvalue weighted by Gasteiger charge is -2.32. The van der Waals surface area contributed by atoms with Crippen LogP contribution in [-0.4, -0.2) is 29.9 Å². The van der Waals surface area contributed by atoms with Crippen LogP contribution in [0.15, 0.2) is 24.3 Å². The molecule has 0 aromatic heterocycles. The van der Waals surface area contributed by atoms with Crippen LogP contribution in [-0.2, 0) is 4.74 Å². The molecule has 3 nitrogen and oxygen atoms in total. The predicted octanol–water partition coefficient (Wildman–Crippen LogP) is 2.58. The largest absolute Gasteiger partial charge is 0.386 e. The predicted molar refractivity (Wildman–Crippen MR) is 77.5 cm³/mol. The number of rotatable bonds is 4. The standard InChI is InChI=1S/C15H20FNO2.ClH/c1-19-10-14-5-7-15(17-14,8-6-14)13(18)11-3-2-4-12(16)9-11;/h2-4,9,13,17-18H,5-8,10H2,1H3;1H. The summed E-state index contributed by atoms with van der Waals surface area (Å²) in [6.45, 7) is 0.671. The minimum atomic E-state index is -0.663. The Morgan fingerprint density at radius 2 is 2.05 bits per heavy atom. The van der Waals surface area contributed by atoms with E-state index in [4.69, 9.17) is 4.74 Å². The van der Waals surface area contributed by atoms with Crippen LogP contribution in [0.25, 0.3) is 0 Å². The average Bonchev–Trinajstić information content (AvgIpc) is 2.95. The minimum Gasteiger partial charge on any atom is -0.386 e. The molecule has 2 saturated heterocycles. The Morgan fingerprint density at radius 3 is 2.65 bits per heavy atom. The average molecular weight is 302 g/mol. The number of hydrogen-bond donors (Lipinski definition) is 2. The molecule has 2 N–H and O–H groups in total. The number of benzene rings is 1. The van der Waals surface area contributed by atoms with Crippen LogP contribution in [0.2, 0.25) is 0 Å². The summed E-state index contributed by atoms with van der Waals surface area (Å²) < 4.78 is 18.6. The van der Waals surface area contributed by atoms with Gasteiger partial charge in [0.2, 0.25) is 0 Å². The zero-order chi connectivity index (χ0) is 13.5. The normalized spacial score (nSPS) is 33.0. The SMILES string of the molecule is COCC12CCC(C(O)c3cccc(F)c3)(CC1)N2.Cl. The van der Waals surface area contributed by atoms with Gasteiger partial charge in [0.05, 0.1) is 12.7 Å². The van der Waals surface area contributed by atoms with Crippen molar-refractivity contribution in [2.24, 2.45) is 0 Å². The van der Waals surface area contributed by atoms with Crippen molar-refractivity contribution < 1.29 is 14.2 Å². The van der Waals surface area contributed by atoms with E-state index in [9.17, 15) is 9.50 Å². The molecule has 1 atom stereocenters. The summed E-state index contributed by atoms with van der Waals surface area (Å²) in [7, 11) is 1.71. The number of methoxy groups -OCH3 is 1. The van der Waals surface area contributed by atoms with Gasteiger partial charge in [-0.1, -0.05) is 12.1 Å². The molecule has 0 radical (unpaired) electrons. The molecule has 0 spiro atoms. The fraction of sp³-hybridized carbons (Fsp3) is 0.600. The van der Waals surface area contributed by atoms with Crippen molar-refractivity contribution >= 4 is 12.4 Å². The molecule has 1 aromatic carbocycles. The number of nitrogens with one attached hydrogen (secondary N) is 1. The number of halogens is 2. The van der Waals surface area contributed by atoms with Gasteiger partial charge in [-0.05, 0) is 43.4 Å². The molecule has 0 amide bonds. The first-order valence-corrected chi connectivity index (χ1v) is 6.81. The highest BCUT2D eigenvalue weighted by molar-refractivity contribution is 5.85. The molecule has 0 saturated carbocycles. The molecule has 2 aliphatic heterocycles. The van der Waals surface area contributed by atoms with Crippen LogP contribution in [0.5, 0.6) is 0 Å². The van der Waals surface area contributed by atoms with E-state index < -0.39 is 6.10 Å². The van der Waals surface area contributed by atoms with Gasteiger partial charge in [0.25, 0.3) is 0 Å². The fourth-order valence-electron chi connectivity index (χ4n) is 3.75. The summed E-state index contributed by atoms with van der Waals surface area (Å²) in [6.07, 6.45) is 3.17. The number of hydrogen-bond acceptors (Lipinski definition) is 3. The number of fused-ring (bicyclic) bond motifs is 2. The second-order valence-corrected chi connectivity index (χ2v) is 5.95. The van der Waals surface area contributed by atoms with Crippen molar-refractivity contribution in [1.29, 1.82) is 0 Å². The second-order valence-electron chi connectivity index (χ2n) is 5.95. The molecular weight excluding hydrogens is 281 g/mol. The summed E-state index contributed by atoms with van der Waals surface area (Å²) in [6, 6.07) is 6.27. The van der Waals surface area contributed by atoms with Gasteiger partial charge in [-0.15, -0.1) is 12.4 Å². The zero-order valence-corrected chi connectivity index (χ0v) is 12.4. The topological polar surface area (TPSA) is 41.5 Å². The second kappa shape index (κ2) is 5.60. The van der Waals surface area contributed by atoms with Gasteiger partial charge in [-0.3, -0.25) is 0 Å². The fourth-order valence-corrected chi connectivity index (χ4v) is 3.75. The van der Waals surface area contributed by atoms with E-state index in [1.807, 2.05) is 0 Å². The molecular formula is C15H21ClFNO2. The van der Waals surface area contributed by atoms with E-state index in [2.05, 4.69) is 5.32 Å². The van der Waals surface area contributed by atoms with Crippen molar-refractivity contribution in [3.05, 3.63) is 35.6 Å². The molecule has 5 heteroatoms. The Balaban J connectivity index is 0.00000147.